The molecule has 0 aliphatic rings. The van der Waals surface area contributed by atoms with Crippen LogP contribution in [0, 0.1) is 6.92 Å². The van der Waals surface area contributed by atoms with Gasteiger partial charge in [0.1, 0.15) is 18.1 Å². The van der Waals surface area contributed by atoms with Crippen molar-refractivity contribution >= 4 is 28.7 Å². The molecule has 0 unspecified atom stereocenters. The van der Waals surface area contributed by atoms with Gasteiger partial charge in [-0.25, -0.2) is 4.98 Å². The zero-order valence-corrected chi connectivity index (χ0v) is 19.7. The number of hydrogen-bond acceptors (Lipinski definition) is 7. The molecule has 3 rings (SSSR count). The molecule has 3 aromatic rings. The lowest BCUT2D eigenvalue weighted by atomic mass is 10.1. The zero-order valence-electron chi connectivity index (χ0n) is 18.9. The van der Waals surface area contributed by atoms with E-state index >= 15 is 0 Å². The average molecular weight is 468 g/mol. The van der Waals surface area contributed by atoms with Crippen LogP contribution in [0.25, 0.3) is 0 Å². The first kappa shape index (κ1) is 24.4. The maximum absolute atomic E-state index is 13.5. The molecule has 0 fully saturated rings. The van der Waals surface area contributed by atoms with E-state index in [1.54, 1.807) is 17.4 Å². The number of carbonyl (C=O) groups excluding carboxylic acids is 2. The third-order valence-corrected chi connectivity index (χ3v) is 5.98. The Balaban J connectivity index is 1.85. The Morgan fingerprint density at radius 3 is 2.67 bits per heavy atom. The Bertz CT molecular complexity index is 1110. The molecule has 0 bridgehead atoms. The van der Waals surface area contributed by atoms with Crippen molar-refractivity contribution in [3.8, 4) is 11.5 Å². The van der Waals surface area contributed by atoms with Crippen LogP contribution in [0.4, 0.5) is 5.69 Å². The van der Waals surface area contributed by atoms with Crippen molar-refractivity contribution in [3.05, 3.63) is 69.7 Å². The van der Waals surface area contributed by atoms with Gasteiger partial charge in [-0.05, 0) is 43.5 Å². The van der Waals surface area contributed by atoms with Gasteiger partial charge in [0, 0.05) is 30.1 Å². The van der Waals surface area contributed by atoms with Gasteiger partial charge in [0.15, 0.2) is 5.78 Å². The number of aromatic nitrogens is 1. The number of phenols is 1. The van der Waals surface area contributed by atoms with Crippen LogP contribution in [0.5, 0.6) is 11.5 Å². The number of nitrogens with two attached hydrogens (primary N) is 1. The highest BCUT2D eigenvalue weighted by atomic mass is 32.1. The molecule has 0 saturated heterocycles. The highest BCUT2D eigenvalue weighted by molar-refractivity contribution is 7.09. The Morgan fingerprint density at radius 1 is 1.21 bits per heavy atom. The van der Waals surface area contributed by atoms with Crippen LogP contribution in [-0.4, -0.2) is 41.5 Å². The second-order valence-corrected chi connectivity index (χ2v) is 8.65. The summed E-state index contributed by atoms with van der Waals surface area (Å²) >= 11 is 1.55. The van der Waals surface area contributed by atoms with Gasteiger partial charge in [-0.2, -0.15) is 0 Å². The predicted molar refractivity (Wildman–Crippen MR) is 130 cm³/mol. The van der Waals surface area contributed by atoms with E-state index in [0.29, 0.717) is 37.4 Å². The quantitative estimate of drug-likeness (QED) is 0.443. The maximum atomic E-state index is 13.5. The molecule has 2 aromatic carbocycles. The summed E-state index contributed by atoms with van der Waals surface area (Å²) in [4.78, 5) is 32.3. The third-order valence-electron chi connectivity index (χ3n) is 5.16. The second kappa shape index (κ2) is 11.6. The van der Waals surface area contributed by atoms with Gasteiger partial charge in [-0.3, -0.25) is 9.59 Å². The third kappa shape index (κ3) is 6.40. The number of amides is 1. The van der Waals surface area contributed by atoms with Gasteiger partial charge >= 0.3 is 0 Å². The molecule has 0 spiro atoms. The van der Waals surface area contributed by atoms with Gasteiger partial charge in [0.25, 0.3) is 5.91 Å². The molecule has 8 heteroatoms. The minimum atomic E-state index is -0.448. The molecule has 0 aliphatic heterocycles. The molecule has 7 nitrogen and oxygen atoms in total. The molecule has 0 saturated carbocycles. The summed E-state index contributed by atoms with van der Waals surface area (Å²) in [7, 11) is 0. The number of nitrogens with zero attached hydrogens (tertiary/aromatic N) is 2. The van der Waals surface area contributed by atoms with E-state index in [2.05, 4.69) is 4.98 Å². The van der Waals surface area contributed by atoms with Crippen LogP contribution in [0.2, 0.25) is 0 Å². The van der Waals surface area contributed by atoms with Crippen molar-refractivity contribution in [1.82, 2.24) is 4.98 Å². The minimum absolute atomic E-state index is 0.0812. The molecular weight excluding hydrogens is 438 g/mol. The number of ketones is 1. The fourth-order valence-corrected chi connectivity index (χ4v) is 4.14. The number of anilines is 1. The lowest BCUT2D eigenvalue weighted by Gasteiger charge is -2.25. The van der Waals surface area contributed by atoms with Gasteiger partial charge in [0.05, 0.1) is 22.8 Å². The second-order valence-electron chi connectivity index (χ2n) is 7.59. The molecule has 3 N–H and O–H groups in total. The number of aromatic hydroxyl groups is 1. The van der Waals surface area contributed by atoms with Gasteiger partial charge < -0.3 is 20.5 Å². The Kier molecular flexibility index (Phi) is 8.57. The first-order chi connectivity index (χ1) is 15.9. The first-order valence-electron chi connectivity index (χ1n) is 10.9. The number of para-hydroxylation sites is 1. The summed E-state index contributed by atoms with van der Waals surface area (Å²) in [6.45, 7) is 4.47. The summed E-state index contributed by atoms with van der Waals surface area (Å²) in [5, 5.41) is 13.4. The molecule has 0 aliphatic carbocycles. The molecular formula is C25H29N3O4S. The van der Waals surface area contributed by atoms with Crippen molar-refractivity contribution in [2.75, 3.05) is 24.6 Å². The number of rotatable bonds is 11. The number of Topliss-reactive ketones (excluding diaryl/α,β-unsaturated/α-hetero) is 1. The van der Waals surface area contributed by atoms with E-state index in [1.807, 2.05) is 43.5 Å². The van der Waals surface area contributed by atoms with Crippen molar-refractivity contribution in [1.29, 1.82) is 0 Å². The van der Waals surface area contributed by atoms with E-state index in [0.717, 1.165) is 16.3 Å². The van der Waals surface area contributed by atoms with Crippen LogP contribution in [0.15, 0.2) is 47.8 Å². The van der Waals surface area contributed by atoms with Crippen molar-refractivity contribution < 1.29 is 19.4 Å². The summed E-state index contributed by atoms with van der Waals surface area (Å²) < 4.78 is 5.42. The SMILES string of the molecule is CCc1ccccc1N(CC(=O)CCc1csc(C)n1)C(=O)c1ccc(OCCN)cc1O. The fourth-order valence-electron chi connectivity index (χ4n) is 3.49. The Morgan fingerprint density at radius 2 is 2.00 bits per heavy atom. The average Bonchev–Trinajstić information content (AvgIpc) is 3.24. The van der Waals surface area contributed by atoms with E-state index in [9.17, 15) is 14.7 Å². The van der Waals surface area contributed by atoms with Gasteiger partial charge in [0.2, 0.25) is 0 Å². The van der Waals surface area contributed by atoms with Crippen molar-refractivity contribution in [2.24, 2.45) is 5.73 Å². The minimum Gasteiger partial charge on any atom is -0.507 e. The lowest BCUT2D eigenvalue weighted by Crippen LogP contribution is -2.36. The monoisotopic (exact) mass is 467 g/mol. The van der Waals surface area contributed by atoms with Crippen LogP contribution in [0.1, 0.15) is 40.0 Å². The topological polar surface area (TPSA) is 106 Å². The molecule has 0 radical (unpaired) electrons. The number of aryl methyl sites for hydroxylation is 3. The highest BCUT2D eigenvalue weighted by Crippen LogP contribution is 2.29. The van der Waals surface area contributed by atoms with Crippen LogP contribution in [0.3, 0.4) is 0 Å². The molecule has 0 atom stereocenters. The largest absolute Gasteiger partial charge is 0.507 e. The van der Waals surface area contributed by atoms with E-state index in [1.165, 1.54) is 17.0 Å². The van der Waals surface area contributed by atoms with Crippen LogP contribution < -0.4 is 15.4 Å². The molecule has 33 heavy (non-hydrogen) atoms. The molecule has 174 valence electrons. The summed E-state index contributed by atoms with van der Waals surface area (Å²) in [6, 6.07) is 12.0. The number of ether oxygens (including phenoxy) is 1. The van der Waals surface area contributed by atoms with E-state index in [4.69, 9.17) is 10.5 Å². The standard InChI is InChI=1S/C25H29N3O4S/c1-3-18-6-4-5-7-23(18)28(15-20(29)9-8-19-16-33-17(2)27-19)25(31)22-11-10-21(14-24(22)30)32-13-12-26/h4-7,10-11,14,16,30H,3,8-9,12-13,15,26H2,1-2H3. The molecule has 1 aromatic heterocycles. The summed E-state index contributed by atoms with van der Waals surface area (Å²) in [5.41, 5.74) is 8.03. The number of hydrogen-bond donors (Lipinski definition) is 2. The Hall–Kier alpha value is -3.23. The smallest absolute Gasteiger partial charge is 0.262 e. The predicted octanol–water partition coefficient (Wildman–Crippen LogP) is 3.91. The van der Waals surface area contributed by atoms with Crippen LogP contribution in [-0.2, 0) is 17.6 Å². The van der Waals surface area contributed by atoms with Crippen LogP contribution >= 0.6 is 11.3 Å². The number of benzene rings is 2. The van der Waals surface area contributed by atoms with Gasteiger partial charge in [-0.15, -0.1) is 11.3 Å². The maximum Gasteiger partial charge on any atom is 0.262 e. The van der Waals surface area contributed by atoms with Crippen molar-refractivity contribution in [3.63, 3.8) is 0 Å². The number of phenolic OH excluding ortho intramolecular Hbond substituents is 1. The number of carbonyl (C=O) groups is 2. The highest BCUT2D eigenvalue weighted by Gasteiger charge is 2.25. The summed E-state index contributed by atoms with van der Waals surface area (Å²) in [6.07, 6.45) is 1.50. The fraction of sp³-hybridized carbons (Fsp3) is 0.320. The first-order valence-corrected chi connectivity index (χ1v) is 11.8. The molecule has 1 amide bonds. The Labute approximate surface area is 197 Å². The lowest BCUT2D eigenvalue weighted by molar-refractivity contribution is -0.117. The summed E-state index contributed by atoms with van der Waals surface area (Å²) in [5.74, 6) is -0.317. The van der Waals surface area contributed by atoms with E-state index < -0.39 is 5.91 Å². The van der Waals surface area contributed by atoms with Crippen molar-refractivity contribution in [2.45, 2.75) is 33.1 Å². The van der Waals surface area contributed by atoms with Gasteiger partial charge in [-0.1, -0.05) is 25.1 Å². The number of thiazole rings is 1. The normalized spacial score (nSPS) is 10.8. The zero-order chi connectivity index (χ0) is 23.8. The van der Waals surface area contributed by atoms with E-state index in [-0.39, 0.29) is 30.1 Å². The molecule has 1 heterocycles.